The van der Waals surface area contributed by atoms with Gasteiger partial charge in [0.25, 0.3) is 5.56 Å². The van der Waals surface area contributed by atoms with E-state index in [9.17, 15) is 9.59 Å². The van der Waals surface area contributed by atoms with E-state index in [0.717, 1.165) is 42.5 Å². The van der Waals surface area contributed by atoms with Crippen molar-refractivity contribution in [3.8, 4) is 17.3 Å². The van der Waals surface area contributed by atoms with Gasteiger partial charge in [-0.05, 0) is 37.3 Å². The lowest BCUT2D eigenvalue weighted by atomic mass is 10.1. The maximum absolute atomic E-state index is 11.8. The standard InChI is InChI=1S/C20H22N6O3/c1-25-16(27)6-5-13(24-25)20-23-14-9-12(22-17(19(21)28)11-3-4-11)10-15-18(14)26(20)7-2-8-29-15/h5-6,9-11,17,22H,2-4,7-8H2,1H3,(H2,21,28)/t17-/m0/s1. The fourth-order valence-electron chi connectivity index (χ4n) is 3.89. The Labute approximate surface area is 166 Å². The van der Waals surface area contributed by atoms with Gasteiger partial charge in [0.1, 0.15) is 23.0 Å². The predicted octanol–water partition coefficient (Wildman–Crippen LogP) is 1.26. The van der Waals surface area contributed by atoms with Gasteiger partial charge in [-0.1, -0.05) is 0 Å². The van der Waals surface area contributed by atoms with Crippen LogP contribution in [0.5, 0.6) is 5.75 Å². The molecule has 5 rings (SSSR count). The quantitative estimate of drug-likeness (QED) is 0.673. The third-order valence-electron chi connectivity index (χ3n) is 5.50. The average molecular weight is 394 g/mol. The third-order valence-corrected chi connectivity index (χ3v) is 5.50. The van der Waals surface area contributed by atoms with Gasteiger partial charge >= 0.3 is 0 Å². The molecule has 1 aromatic carbocycles. The number of hydrogen-bond acceptors (Lipinski definition) is 6. The number of rotatable bonds is 5. The van der Waals surface area contributed by atoms with Crippen LogP contribution in [-0.2, 0) is 18.4 Å². The van der Waals surface area contributed by atoms with Crippen molar-refractivity contribution in [2.45, 2.75) is 31.8 Å². The number of benzene rings is 1. The molecule has 0 unspecified atom stereocenters. The van der Waals surface area contributed by atoms with Crippen LogP contribution in [0.1, 0.15) is 19.3 Å². The Hall–Kier alpha value is -3.36. The second-order valence-corrected chi connectivity index (χ2v) is 7.67. The van der Waals surface area contributed by atoms with E-state index in [1.165, 1.54) is 10.7 Å². The van der Waals surface area contributed by atoms with Gasteiger partial charge < -0.3 is 20.4 Å². The Bertz CT molecular complexity index is 1180. The summed E-state index contributed by atoms with van der Waals surface area (Å²) in [6, 6.07) is 6.60. The summed E-state index contributed by atoms with van der Waals surface area (Å²) in [5, 5.41) is 7.63. The lowest BCUT2D eigenvalue weighted by Crippen LogP contribution is -2.37. The fraction of sp³-hybridized carbons (Fsp3) is 0.400. The van der Waals surface area contributed by atoms with Crippen LogP contribution < -0.4 is 21.3 Å². The van der Waals surface area contributed by atoms with Crippen LogP contribution in [0.3, 0.4) is 0 Å². The van der Waals surface area contributed by atoms with Crippen molar-refractivity contribution in [1.82, 2.24) is 19.3 Å². The maximum Gasteiger partial charge on any atom is 0.266 e. The van der Waals surface area contributed by atoms with Crippen molar-refractivity contribution >= 4 is 22.6 Å². The molecule has 0 saturated heterocycles. The van der Waals surface area contributed by atoms with Crippen LogP contribution in [0.25, 0.3) is 22.6 Å². The summed E-state index contributed by atoms with van der Waals surface area (Å²) in [6.45, 7) is 1.32. The zero-order valence-electron chi connectivity index (χ0n) is 16.1. The van der Waals surface area contributed by atoms with E-state index in [-0.39, 0.29) is 17.4 Å². The largest absolute Gasteiger partial charge is 0.491 e. The Morgan fingerprint density at radius 1 is 1.34 bits per heavy atom. The number of carbonyl (C=O) groups excluding carboxylic acids is 1. The zero-order valence-corrected chi connectivity index (χ0v) is 16.1. The molecule has 1 aliphatic heterocycles. The van der Waals surface area contributed by atoms with Crippen molar-refractivity contribution in [2.75, 3.05) is 11.9 Å². The molecular weight excluding hydrogens is 372 g/mol. The van der Waals surface area contributed by atoms with Crippen LogP contribution in [0.15, 0.2) is 29.1 Å². The van der Waals surface area contributed by atoms with E-state index in [1.54, 1.807) is 13.1 Å². The predicted molar refractivity (Wildman–Crippen MR) is 108 cm³/mol. The number of hydrogen-bond donors (Lipinski definition) is 2. The topological polar surface area (TPSA) is 117 Å². The van der Waals surface area contributed by atoms with E-state index in [4.69, 9.17) is 15.5 Å². The van der Waals surface area contributed by atoms with Gasteiger partial charge in [0.2, 0.25) is 5.91 Å². The number of aryl methyl sites for hydroxylation is 2. The van der Waals surface area contributed by atoms with Gasteiger partial charge in [-0.15, -0.1) is 0 Å². The summed E-state index contributed by atoms with van der Waals surface area (Å²) in [6.07, 6.45) is 2.83. The second kappa shape index (κ2) is 6.61. The Kier molecular flexibility index (Phi) is 4.04. The molecule has 29 heavy (non-hydrogen) atoms. The van der Waals surface area contributed by atoms with Crippen LogP contribution in [0.4, 0.5) is 5.69 Å². The number of carbonyl (C=O) groups is 1. The summed E-state index contributed by atoms with van der Waals surface area (Å²) in [7, 11) is 1.62. The minimum atomic E-state index is -0.391. The van der Waals surface area contributed by atoms with Gasteiger partial charge in [0.05, 0.1) is 12.1 Å². The first-order chi connectivity index (χ1) is 14.0. The van der Waals surface area contributed by atoms with Crippen LogP contribution in [0, 0.1) is 5.92 Å². The fourth-order valence-corrected chi connectivity index (χ4v) is 3.89. The van der Waals surface area contributed by atoms with Crippen LogP contribution in [-0.4, -0.2) is 37.9 Å². The smallest absolute Gasteiger partial charge is 0.266 e. The Balaban J connectivity index is 1.63. The van der Waals surface area contributed by atoms with E-state index in [0.29, 0.717) is 23.9 Å². The number of aromatic nitrogens is 4. The van der Waals surface area contributed by atoms with E-state index in [2.05, 4.69) is 15.0 Å². The highest BCUT2D eigenvalue weighted by molar-refractivity contribution is 5.91. The average Bonchev–Trinajstić information content (AvgIpc) is 3.48. The van der Waals surface area contributed by atoms with Crippen LogP contribution in [0.2, 0.25) is 0 Å². The summed E-state index contributed by atoms with van der Waals surface area (Å²) < 4.78 is 9.36. The molecule has 3 aromatic rings. The maximum atomic E-state index is 11.8. The van der Waals surface area contributed by atoms with Crippen molar-refractivity contribution in [1.29, 1.82) is 0 Å². The molecule has 0 spiro atoms. The first-order valence-electron chi connectivity index (χ1n) is 9.79. The Morgan fingerprint density at radius 2 is 2.17 bits per heavy atom. The Morgan fingerprint density at radius 3 is 2.90 bits per heavy atom. The molecule has 1 atom stereocenters. The van der Waals surface area contributed by atoms with Gasteiger partial charge in [-0.3, -0.25) is 9.59 Å². The van der Waals surface area contributed by atoms with Gasteiger partial charge in [0, 0.05) is 31.4 Å². The highest BCUT2D eigenvalue weighted by Crippen LogP contribution is 2.38. The molecule has 9 nitrogen and oxygen atoms in total. The molecule has 2 aliphatic rings. The number of primary amides is 1. The molecule has 3 heterocycles. The lowest BCUT2D eigenvalue weighted by Gasteiger charge is -2.17. The summed E-state index contributed by atoms with van der Waals surface area (Å²) in [4.78, 5) is 28.4. The first kappa shape index (κ1) is 17.7. The second-order valence-electron chi connectivity index (χ2n) is 7.67. The molecule has 1 aliphatic carbocycles. The van der Waals surface area contributed by atoms with Crippen molar-refractivity contribution in [2.24, 2.45) is 18.7 Å². The molecule has 150 valence electrons. The molecule has 9 heteroatoms. The monoisotopic (exact) mass is 394 g/mol. The molecule has 1 fully saturated rings. The highest BCUT2D eigenvalue weighted by Gasteiger charge is 2.35. The minimum absolute atomic E-state index is 0.172. The molecule has 0 radical (unpaired) electrons. The molecule has 0 bridgehead atoms. The molecular formula is C20H22N6O3. The normalized spacial score (nSPS) is 16.9. The number of imidazole rings is 1. The van der Waals surface area contributed by atoms with E-state index < -0.39 is 6.04 Å². The third kappa shape index (κ3) is 3.12. The van der Waals surface area contributed by atoms with E-state index >= 15 is 0 Å². The van der Waals surface area contributed by atoms with Gasteiger partial charge in [0.15, 0.2) is 5.82 Å². The summed E-state index contributed by atoms with van der Waals surface area (Å²) in [5.41, 5.74) is 8.43. The number of anilines is 1. The van der Waals surface area contributed by atoms with Crippen LogP contribution >= 0.6 is 0 Å². The van der Waals surface area contributed by atoms with Gasteiger partial charge in [-0.25, -0.2) is 9.67 Å². The molecule has 3 N–H and O–H groups in total. The minimum Gasteiger partial charge on any atom is -0.491 e. The molecule has 2 aromatic heterocycles. The van der Waals surface area contributed by atoms with E-state index in [1.807, 2.05) is 12.1 Å². The summed E-state index contributed by atoms with van der Waals surface area (Å²) >= 11 is 0. The molecule has 1 saturated carbocycles. The number of nitrogens with one attached hydrogen (secondary N) is 1. The number of ether oxygens (including phenoxy) is 1. The lowest BCUT2D eigenvalue weighted by molar-refractivity contribution is -0.119. The SMILES string of the molecule is Cn1nc(-c2nc3cc(N[C@H](C(N)=O)C4CC4)cc4c3n2CCCO4)ccc1=O. The number of nitrogens with two attached hydrogens (primary N) is 1. The van der Waals surface area contributed by atoms with Crippen molar-refractivity contribution < 1.29 is 9.53 Å². The highest BCUT2D eigenvalue weighted by atomic mass is 16.5. The van der Waals surface area contributed by atoms with Crippen molar-refractivity contribution in [3.05, 3.63) is 34.6 Å². The number of amides is 1. The molecule has 1 amide bonds. The zero-order chi connectivity index (χ0) is 20.1. The van der Waals surface area contributed by atoms with Gasteiger partial charge in [-0.2, -0.15) is 5.10 Å². The first-order valence-corrected chi connectivity index (χ1v) is 9.79. The van der Waals surface area contributed by atoms with Crippen molar-refractivity contribution in [3.63, 3.8) is 0 Å². The number of nitrogens with zero attached hydrogens (tertiary/aromatic N) is 4. The summed E-state index contributed by atoms with van der Waals surface area (Å²) in [5.74, 6) is 1.34.